The standard InChI is InChI=1S/C17H19NO3/c1-3-21-17(19)10-9-16-15(8-5-11-18-16)13-6-4-7-14(12-13)20-2/h4-8,11-12H,3,9-10H2,1-2H3. The van der Waals surface area contributed by atoms with Crippen LogP contribution >= 0.6 is 0 Å². The van der Waals surface area contributed by atoms with Gasteiger partial charge >= 0.3 is 5.97 Å². The lowest BCUT2D eigenvalue weighted by Gasteiger charge is -2.09. The molecule has 0 aliphatic heterocycles. The summed E-state index contributed by atoms with van der Waals surface area (Å²) in [6.45, 7) is 2.21. The van der Waals surface area contributed by atoms with Crippen molar-refractivity contribution in [1.29, 1.82) is 0 Å². The molecule has 110 valence electrons. The van der Waals surface area contributed by atoms with Crippen LogP contribution in [0.4, 0.5) is 0 Å². The lowest BCUT2D eigenvalue weighted by atomic mass is 10.0. The van der Waals surface area contributed by atoms with Gasteiger partial charge in [0, 0.05) is 23.9 Å². The molecule has 0 saturated carbocycles. The van der Waals surface area contributed by atoms with Gasteiger partial charge in [-0.15, -0.1) is 0 Å². The maximum atomic E-state index is 11.5. The fourth-order valence-corrected chi connectivity index (χ4v) is 2.14. The molecule has 0 aliphatic rings. The van der Waals surface area contributed by atoms with E-state index in [0.29, 0.717) is 19.4 Å². The van der Waals surface area contributed by atoms with Gasteiger partial charge in [0.05, 0.1) is 20.1 Å². The molecule has 0 bridgehead atoms. The van der Waals surface area contributed by atoms with Crippen LogP contribution in [0.1, 0.15) is 19.0 Å². The molecule has 0 amide bonds. The zero-order valence-corrected chi connectivity index (χ0v) is 12.3. The Morgan fingerprint density at radius 1 is 1.24 bits per heavy atom. The van der Waals surface area contributed by atoms with Crippen molar-refractivity contribution in [3.8, 4) is 16.9 Å². The number of hydrogen-bond donors (Lipinski definition) is 0. The third kappa shape index (κ3) is 4.05. The van der Waals surface area contributed by atoms with Crippen LogP contribution in [0, 0.1) is 0 Å². The Morgan fingerprint density at radius 3 is 2.86 bits per heavy atom. The maximum absolute atomic E-state index is 11.5. The van der Waals surface area contributed by atoms with E-state index in [4.69, 9.17) is 9.47 Å². The molecule has 0 aliphatic carbocycles. The molecule has 1 heterocycles. The monoisotopic (exact) mass is 285 g/mol. The number of nitrogens with zero attached hydrogens (tertiary/aromatic N) is 1. The van der Waals surface area contributed by atoms with Crippen molar-refractivity contribution in [3.63, 3.8) is 0 Å². The van der Waals surface area contributed by atoms with E-state index < -0.39 is 0 Å². The van der Waals surface area contributed by atoms with Gasteiger partial charge in [-0.3, -0.25) is 9.78 Å². The summed E-state index contributed by atoms with van der Waals surface area (Å²) in [5, 5.41) is 0. The van der Waals surface area contributed by atoms with Crippen LogP contribution in [0.15, 0.2) is 42.6 Å². The number of rotatable bonds is 6. The molecule has 0 fully saturated rings. The summed E-state index contributed by atoms with van der Waals surface area (Å²) in [6, 6.07) is 11.7. The van der Waals surface area contributed by atoms with E-state index in [1.54, 1.807) is 20.2 Å². The fraction of sp³-hybridized carbons (Fsp3) is 0.294. The minimum Gasteiger partial charge on any atom is -0.497 e. The largest absolute Gasteiger partial charge is 0.497 e. The van der Waals surface area contributed by atoms with Crippen molar-refractivity contribution in [3.05, 3.63) is 48.3 Å². The second kappa shape index (κ2) is 7.43. The number of hydrogen-bond acceptors (Lipinski definition) is 4. The van der Waals surface area contributed by atoms with E-state index in [9.17, 15) is 4.79 Å². The van der Waals surface area contributed by atoms with Crippen LogP contribution in [0.2, 0.25) is 0 Å². The Morgan fingerprint density at radius 2 is 2.10 bits per heavy atom. The molecular formula is C17H19NO3. The summed E-state index contributed by atoms with van der Waals surface area (Å²) < 4.78 is 10.2. The van der Waals surface area contributed by atoms with Crippen LogP contribution in [-0.2, 0) is 16.0 Å². The Labute approximate surface area is 124 Å². The SMILES string of the molecule is CCOC(=O)CCc1ncccc1-c1cccc(OC)c1. The van der Waals surface area contributed by atoms with Crippen molar-refractivity contribution < 1.29 is 14.3 Å². The van der Waals surface area contributed by atoms with Crippen molar-refractivity contribution >= 4 is 5.97 Å². The van der Waals surface area contributed by atoms with Crippen LogP contribution in [0.3, 0.4) is 0 Å². The molecule has 2 rings (SSSR count). The molecular weight excluding hydrogens is 266 g/mol. The summed E-state index contributed by atoms with van der Waals surface area (Å²) in [5.74, 6) is 0.604. The first-order valence-corrected chi connectivity index (χ1v) is 6.98. The molecule has 4 heteroatoms. The molecule has 0 N–H and O–H groups in total. The number of carbonyl (C=O) groups excluding carboxylic acids is 1. The highest BCUT2D eigenvalue weighted by Gasteiger charge is 2.10. The van der Waals surface area contributed by atoms with Crippen molar-refractivity contribution in [2.45, 2.75) is 19.8 Å². The van der Waals surface area contributed by atoms with Gasteiger partial charge in [-0.05, 0) is 30.7 Å². The minimum atomic E-state index is -0.195. The van der Waals surface area contributed by atoms with E-state index in [1.807, 2.05) is 36.4 Å². The Balaban J connectivity index is 2.21. The zero-order chi connectivity index (χ0) is 15.1. The second-order valence-corrected chi connectivity index (χ2v) is 4.53. The molecule has 1 aromatic carbocycles. The van der Waals surface area contributed by atoms with Gasteiger partial charge in [0.2, 0.25) is 0 Å². The van der Waals surface area contributed by atoms with Gasteiger partial charge in [0.25, 0.3) is 0 Å². The zero-order valence-electron chi connectivity index (χ0n) is 12.3. The Kier molecular flexibility index (Phi) is 5.32. The molecule has 0 atom stereocenters. The molecule has 0 saturated heterocycles. The maximum Gasteiger partial charge on any atom is 0.306 e. The first kappa shape index (κ1) is 15.0. The summed E-state index contributed by atoms with van der Waals surface area (Å²) in [6.07, 6.45) is 2.64. The average Bonchev–Trinajstić information content (AvgIpc) is 2.53. The van der Waals surface area contributed by atoms with Gasteiger partial charge in [-0.2, -0.15) is 0 Å². The van der Waals surface area contributed by atoms with Crippen LogP contribution < -0.4 is 4.74 Å². The third-order valence-electron chi connectivity index (χ3n) is 3.14. The summed E-state index contributed by atoms with van der Waals surface area (Å²) in [5.41, 5.74) is 2.93. The lowest BCUT2D eigenvalue weighted by molar-refractivity contribution is -0.143. The fourth-order valence-electron chi connectivity index (χ4n) is 2.14. The molecule has 0 unspecified atom stereocenters. The molecule has 4 nitrogen and oxygen atoms in total. The number of pyridine rings is 1. The summed E-state index contributed by atoms with van der Waals surface area (Å²) in [4.78, 5) is 15.9. The minimum absolute atomic E-state index is 0.195. The molecule has 2 aromatic rings. The van der Waals surface area contributed by atoms with Crippen molar-refractivity contribution in [1.82, 2.24) is 4.98 Å². The van der Waals surface area contributed by atoms with Gasteiger partial charge in [-0.1, -0.05) is 18.2 Å². The number of benzene rings is 1. The molecule has 21 heavy (non-hydrogen) atoms. The van der Waals surface area contributed by atoms with Gasteiger partial charge in [0.1, 0.15) is 5.75 Å². The number of aromatic nitrogens is 1. The first-order valence-electron chi connectivity index (χ1n) is 6.98. The van der Waals surface area contributed by atoms with Crippen molar-refractivity contribution in [2.75, 3.05) is 13.7 Å². The van der Waals surface area contributed by atoms with E-state index in [1.165, 1.54) is 0 Å². The van der Waals surface area contributed by atoms with Gasteiger partial charge in [0.15, 0.2) is 0 Å². The number of carbonyl (C=O) groups is 1. The van der Waals surface area contributed by atoms with Gasteiger partial charge < -0.3 is 9.47 Å². The number of methoxy groups -OCH3 is 1. The van der Waals surface area contributed by atoms with Crippen LogP contribution in [0.5, 0.6) is 5.75 Å². The van der Waals surface area contributed by atoms with Crippen LogP contribution in [0.25, 0.3) is 11.1 Å². The number of aryl methyl sites for hydroxylation is 1. The molecule has 0 radical (unpaired) electrons. The highest BCUT2D eigenvalue weighted by atomic mass is 16.5. The van der Waals surface area contributed by atoms with Gasteiger partial charge in [-0.25, -0.2) is 0 Å². The Hall–Kier alpha value is -2.36. The Bertz CT molecular complexity index is 610. The highest BCUT2D eigenvalue weighted by molar-refractivity contribution is 5.71. The predicted molar refractivity (Wildman–Crippen MR) is 81.2 cm³/mol. The lowest BCUT2D eigenvalue weighted by Crippen LogP contribution is -2.06. The van der Waals surface area contributed by atoms with E-state index >= 15 is 0 Å². The van der Waals surface area contributed by atoms with E-state index in [0.717, 1.165) is 22.6 Å². The van der Waals surface area contributed by atoms with E-state index in [-0.39, 0.29) is 5.97 Å². The summed E-state index contributed by atoms with van der Waals surface area (Å²) in [7, 11) is 1.64. The number of ether oxygens (including phenoxy) is 2. The molecule has 0 spiro atoms. The van der Waals surface area contributed by atoms with Crippen LogP contribution in [-0.4, -0.2) is 24.7 Å². The quantitative estimate of drug-likeness (QED) is 0.764. The van der Waals surface area contributed by atoms with E-state index in [2.05, 4.69) is 4.98 Å². The van der Waals surface area contributed by atoms with Crippen molar-refractivity contribution in [2.24, 2.45) is 0 Å². The average molecular weight is 285 g/mol. The first-order chi connectivity index (χ1) is 10.2. The smallest absolute Gasteiger partial charge is 0.306 e. The topological polar surface area (TPSA) is 48.4 Å². The second-order valence-electron chi connectivity index (χ2n) is 4.53. The number of esters is 1. The summed E-state index contributed by atoms with van der Waals surface area (Å²) >= 11 is 0. The highest BCUT2D eigenvalue weighted by Crippen LogP contribution is 2.26. The molecule has 1 aromatic heterocycles. The normalized spacial score (nSPS) is 10.2. The third-order valence-corrected chi connectivity index (χ3v) is 3.14. The predicted octanol–water partition coefficient (Wildman–Crippen LogP) is 3.25.